The quantitative estimate of drug-likeness (QED) is 0.821. The number of nitrogens with one attached hydrogen (secondary N) is 1. The van der Waals surface area contributed by atoms with Crippen molar-refractivity contribution >= 4 is 16.6 Å². The summed E-state index contributed by atoms with van der Waals surface area (Å²) in [6.07, 6.45) is 4.15. The summed E-state index contributed by atoms with van der Waals surface area (Å²) in [5, 5.41) is 3.20. The molecule has 0 amide bonds. The molecule has 0 saturated carbocycles. The summed E-state index contributed by atoms with van der Waals surface area (Å²) in [6.45, 7) is 4.05. The highest BCUT2D eigenvalue weighted by Gasteiger charge is 2.05. The summed E-state index contributed by atoms with van der Waals surface area (Å²) < 4.78 is 11.0. The zero-order chi connectivity index (χ0) is 11.3. The monoisotopic (exact) mass is 227 g/mol. The van der Waals surface area contributed by atoms with Crippen molar-refractivity contribution < 1.29 is 4.21 Å². The first-order valence-electron chi connectivity index (χ1n) is 4.99. The Hall–Kier alpha value is -0.970. The molecule has 0 aliphatic rings. The predicted molar refractivity (Wildman–Crippen MR) is 63.4 cm³/mol. The normalized spacial score (nSPS) is 14.6. The first-order chi connectivity index (χ1) is 7.11. The summed E-state index contributed by atoms with van der Waals surface area (Å²) in [4.78, 5) is 8.23. The zero-order valence-corrected chi connectivity index (χ0v) is 10.2. The lowest BCUT2D eigenvalue weighted by Crippen LogP contribution is -2.22. The molecule has 15 heavy (non-hydrogen) atoms. The van der Waals surface area contributed by atoms with Crippen molar-refractivity contribution in [1.29, 1.82) is 0 Å². The van der Waals surface area contributed by atoms with Gasteiger partial charge in [-0.15, -0.1) is 0 Å². The van der Waals surface area contributed by atoms with Gasteiger partial charge in [0.2, 0.25) is 0 Å². The first-order valence-corrected chi connectivity index (χ1v) is 6.72. The molecular weight excluding hydrogens is 210 g/mol. The molecule has 1 N–H and O–H groups in total. The Morgan fingerprint density at radius 1 is 1.53 bits per heavy atom. The number of hydrogen-bond donors (Lipinski definition) is 1. The molecule has 84 valence electrons. The molecule has 0 aromatic carbocycles. The number of aryl methyl sites for hydroxylation is 1. The number of rotatable bonds is 5. The van der Waals surface area contributed by atoms with Gasteiger partial charge in [-0.05, 0) is 13.3 Å². The predicted octanol–water partition coefficient (Wildman–Crippen LogP) is 1.22. The minimum atomic E-state index is -0.782. The molecule has 0 bridgehead atoms. The van der Waals surface area contributed by atoms with Crippen LogP contribution in [-0.4, -0.2) is 32.2 Å². The van der Waals surface area contributed by atoms with Crippen LogP contribution in [0.1, 0.15) is 19.5 Å². The minimum absolute atomic E-state index is 0.162. The van der Waals surface area contributed by atoms with Crippen LogP contribution < -0.4 is 5.32 Å². The van der Waals surface area contributed by atoms with E-state index in [1.165, 1.54) is 0 Å². The Labute approximate surface area is 93.0 Å². The lowest BCUT2D eigenvalue weighted by atomic mass is 10.3. The van der Waals surface area contributed by atoms with Crippen molar-refractivity contribution in [2.45, 2.75) is 26.3 Å². The summed E-state index contributed by atoms with van der Waals surface area (Å²) >= 11 is 0. The van der Waals surface area contributed by atoms with Gasteiger partial charge in [0, 0.05) is 40.6 Å². The summed E-state index contributed by atoms with van der Waals surface area (Å²) in [5.41, 5.74) is 1.01. The standard InChI is InChI=1S/C10H17N3OS/c1-4-9-5-10(12-7-11-9)13-8(2)6-15(3)14/h5,7-8H,4,6H2,1-3H3,(H,11,12,13). The molecule has 0 aliphatic heterocycles. The van der Waals surface area contributed by atoms with Crippen LogP contribution in [0.25, 0.3) is 0 Å². The van der Waals surface area contributed by atoms with Gasteiger partial charge in [0.05, 0.1) is 0 Å². The third-order valence-electron chi connectivity index (χ3n) is 1.96. The van der Waals surface area contributed by atoms with E-state index in [-0.39, 0.29) is 6.04 Å². The average Bonchev–Trinajstić information content (AvgIpc) is 2.16. The fourth-order valence-electron chi connectivity index (χ4n) is 1.32. The van der Waals surface area contributed by atoms with Crippen molar-refractivity contribution in [3.8, 4) is 0 Å². The maximum Gasteiger partial charge on any atom is 0.129 e. The Kier molecular flexibility index (Phi) is 4.68. The van der Waals surface area contributed by atoms with Gasteiger partial charge in [-0.25, -0.2) is 9.97 Å². The van der Waals surface area contributed by atoms with Crippen LogP contribution >= 0.6 is 0 Å². The van der Waals surface area contributed by atoms with Gasteiger partial charge in [0.15, 0.2) is 0 Å². The van der Waals surface area contributed by atoms with Crippen molar-refractivity contribution in [1.82, 2.24) is 9.97 Å². The maximum atomic E-state index is 11.0. The topological polar surface area (TPSA) is 54.9 Å². The van der Waals surface area contributed by atoms with Crippen molar-refractivity contribution in [3.63, 3.8) is 0 Å². The molecule has 2 atom stereocenters. The van der Waals surface area contributed by atoms with Crippen LogP contribution in [-0.2, 0) is 17.2 Å². The summed E-state index contributed by atoms with van der Waals surface area (Å²) in [5.74, 6) is 1.44. The van der Waals surface area contributed by atoms with E-state index in [0.29, 0.717) is 5.75 Å². The first kappa shape index (κ1) is 12.1. The molecule has 5 heteroatoms. The van der Waals surface area contributed by atoms with Gasteiger partial charge in [0.1, 0.15) is 12.1 Å². The van der Waals surface area contributed by atoms with Crippen LogP contribution in [0.15, 0.2) is 12.4 Å². The molecule has 2 unspecified atom stereocenters. The van der Waals surface area contributed by atoms with Gasteiger partial charge < -0.3 is 5.32 Å². The zero-order valence-electron chi connectivity index (χ0n) is 9.36. The van der Waals surface area contributed by atoms with Crippen molar-refractivity contribution in [3.05, 3.63) is 18.1 Å². The Bertz CT molecular complexity index is 343. The highest BCUT2D eigenvalue weighted by Crippen LogP contribution is 2.06. The summed E-state index contributed by atoms with van der Waals surface area (Å²) in [6, 6.07) is 2.09. The van der Waals surface area contributed by atoms with Gasteiger partial charge in [-0.1, -0.05) is 6.92 Å². The molecule has 1 rings (SSSR count). The Balaban J connectivity index is 2.59. The Morgan fingerprint density at radius 2 is 2.27 bits per heavy atom. The van der Waals surface area contributed by atoms with Crippen LogP contribution in [0.3, 0.4) is 0 Å². The van der Waals surface area contributed by atoms with Crippen LogP contribution in [0.4, 0.5) is 5.82 Å². The fraction of sp³-hybridized carbons (Fsp3) is 0.600. The smallest absolute Gasteiger partial charge is 0.129 e. The molecule has 1 aromatic heterocycles. The second kappa shape index (κ2) is 5.80. The van der Waals surface area contributed by atoms with E-state index in [9.17, 15) is 4.21 Å². The van der Waals surface area contributed by atoms with Crippen LogP contribution in [0, 0.1) is 0 Å². The molecule has 0 fully saturated rings. The average molecular weight is 227 g/mol. The third-order valence-corrected chi connectivity index (χ3v) is 2.93. The van der Waals surface area contributed by atoms with Gasteiger partial charge >= 0.3 is 0 Å². The van der Waals surface area contributed by atoms with E-state index in [1.807, 2.05) is 13.0 Å². The number of anilines is 1. The SMILES string of the molecule is CCc1cc(NC(C)CS(C)=O)ncn1. The molecule has 0 radical (unpaired) electrons. The van der Waals surface area contributed by atoms with Gasteiger partial charge in [-0.3, -0.25) is 4.21 Å². The van der Waals surface area contributed by atoms with Crippen molar-refractivity contribution in [2.75, 3.05) is 17.3 Å². The lowest BCUT2D eigenvalue weighted by Gasteiger charge is -2.12. The highest BCUT2D eigenvalue weighted by molar-refractivity contribution is 7.84. The van der Waals surface area contributed by atoms with Crippen LogP contribution in [0.2, 0.25) is 0 Å². The largest absolute Gasteiger partial charge is 0.367 e. The third kappa shape index (κ3) is 4.38. The van der Waals surface area contributed by atoms with E-state index >= 15 is 0 Å². The van der Waals surface area contributed by atoms with E-state index in [2.05, 4.69) is 22.2 Å². The molecule has 4 nitrogen and oxygen atoms in total. The lowest BCUT2D eigenvalue weighted by molar-refractivity contribution is 0.683. The van der Waals surface area contributed by atoms with Crippen molar-refractivity contribution in [2.24, 2.45) is 0 Å². The van der Waals surface area contributed by atoms with E-state index in [1.54, 1.807) is 12.6 Å². The van der Waals surface area contributed by atoms with Gasteiger partial charge in [0.25, 0.3) is 0 Å². The molecule has 0 saturated heterocycles. The molecular formula is C10H17N3OS. The number of aromatic nitrogens is 2. The van der Waals surface area contributed by atoms with E-state index < -0.39 is 10.8 Å². The molecule has 1 heterocycles. The molecule has 1 aromatic rings. The van der Waals surface area contributed by atoms with E-state index in [0.717, 1.165) is 17.9 Å². The number of nitrogens with zero attached hydrogens (tertiary/aromatic N) is 2. The second-order valence-corrected chi connectivity index (χ2v) is 5.01. The maximum absolute atomic E-state index is 11.0. The van der Waals surface area contributed by atoms with E-state index in [4.69, 9.17) is 0 Å². The minimum Gasteiger partial charge on any atom is -0.367 e. The Morgan fingerprint density at radius 3 is 2.87 bits per heavy atom. The molecule has 0 aliphatic carbocycles. The second-order valence-electron chi connectivity index (χ2n) is 3.53. The van der Waals surface area contributed by atoms with Crippen LogP contribution in [0.5, 0.6) is 0 Å². The summed E-state index contributed by atoms with van der Waals surface area (Å²) in [7, 11) is -0.782. The number of hydrogen-bond acceptors (Lipinski definition) is 4. The van der Waals surface area contributed by atoms with Gasteiger partial charge in [-0.2, -0.15) is 0 Å². The highest BCUT2D eigenvalue weighted by atomic mass is 32.2. The molecule has 0 spiro atoms. The fourth-order valence-corrected chi connectivity index (χ4v) is 2.10.